The monoisotopic (exact) mass is 1150 g/mol. The van der Waals surface area contributed by atoms with E-state index in [1.54, 1.807) is 0 Å². The summed E-state index contributed by atoms with van der Waals surface area (Å²) in [4.78, 5) is 131. The second kappa shape index (κ2) is 50.7. The zero-order valence-electron chi connectivity index (χ0n) is 46.3. The Labute approximate surface area is 470 Å². The van der Waals surface area contributed by atoms with Crippen LogP contribution in [0.5, 0.6) is 0 Å². The van der Waals surface area contributed by atoms with Crippen LogP contribution in [0, 0.1) is 0 Å². The first-order chi connectivity index (χ1) is 38.0. The average molecular weight is 1150 g/mol. The van der Waals surface area contributed by atoms with Crippen LogP contribution in [0.25, 0.3) is 0 Å². The number of carbonyl (C=O) groups excluding carboxylic acids is 8. The van der Waals surface area contributed by atoms with Crippen molar-refractivity contribution in [2.45, 2.75) is 185 Å². The third-order valence-electron chi connectivity index (χ3n) is 12.2. The van der Waals surface area contributed by atoms with Gasteiger partial charge in [0.25, 0.3) is 0 Å². The van der Waals surface area contributed by atoms with Crippen molar-refractivity contribution in [2.24, 2.45) is 0 Å². The van der Waals surface area contributed by atoms with E-state index in [9.17, 15) is 68.1 Å². The molecule has 0 aliphatic carbocycles. The molecule has 27 heteroatoms. The smallest absolute Gasteiger partial charge is 0.326 e. The van der Waals surface area contributed by atoms with Crippen LogP contribution < -0.4 is 41.9 Å². The van der Waals surface area contributed by atoms with Crippen molar-refractivity contribution in [1.82, 2.24) is 41.9 Å². The molecule has 0 aromatic rings. The zero-order valence-corrected chi connectivity index (χ0v) is 47.1. The summed E-state index contributed by atoms with van der Waals surface area (Å²) < 4.78 is 23.8. The van der Waals surface area contributed by atoms with E-state index in [1.165, 1.54) is 58.4 Å². The Morgan fingerprint density at radius 2 is 0.785 bits per heavy atom. The van der Waals surface area contributed by atoms with Crippen LogP contribution in [-0.4, -0.2) is 185 Å². The van der Waals surface area contributed by atoms with Gasteiger partial charge in [-0.2, -0.15) is 0 Å². The first kappa shape index (κ1) is 73.5. The molecule has 0 aliphatic rings. The molecular formula is C52H92N8O18S. The number of aliphatic carboxylic acids is 3. The molecule has 0 radical (unpaired) electrons. The van der Waals surface area contributed by atoms with Crippen molar-refractivity contribution >= 4 is 78.4 Å². The van der Waals surface area contributed by atoms with Gasteiger partial charge in [0.05, 0.1) is 45.7 Å². The molecule has 454 valence electrons. The third-order valence-corrected chi connectivity index (χ3v) is 12.5. The average Bonchev–Trinajstić information content (AvgIpc) is 3.41. The number of aldehydes is 1. The molecule has 79 heavy (non-hydrogen) atoms. The highest BCUT2D eigenvalue weighted by atomic mass is 32.1. The number of carboxylic acid groups (broad SMARTS) is 3. The van der Waals surface area contributed by atoms with Gasteiger partial charge in [-0.25, -0.2) is 14.4 Å². The standard InChI is InChI=1S/C52H92N8O18S/c1-53-49(68)39(60-79)19-16-17-27-54-43(62)24-21-41(51(71)72)58-46(65)26-23-42(52(73)74)59-48(67)38-78-36-34-76-32-29-56-47(66)37-77-35-33-75-31-28-55-44(63)25-22-40(50(69)70)57-45(64)20-15-13-11-9-7-5-3-2-4-6-8-10-12-14-18-30-61/h30,39-42,60,79H,2-29,31-38H2,1H3,(H,53,68)(H,54,62)(H,55,63)(H,56,66)(H,57,64)(H,58,65)(H,59,67)(H,69,70)(H,71,72)(H,73,74)/t39?,40?,41?,42-/m0/s1. The number of carboxylic acids is 3. The number of hydrogen-bond donors (Lipinski definition) is 12. The number of rotatable bonds is 55. The lowest BCUT2D eigenvalue weighted by molar-refractivity contribution is -0.144. The predicted molar refractivity (Wildman–Crippen MR) is 292 cm³/mol. The van der Waals surface area contributed by atoms with Crippen molar-refractivity contribution in [3.63, 3.8) is 0 Å². The van der Waals surface area contributed by atoms with Gasteiger partial charge in [0.1, 0.15) is 37.6 Å². The Kier molecular flexibility index (Phi) is 47.2. The summed E-state index contributed by atoms with van der Waals surface area (Å²) in [6.07, 6.45) is 17.8. The van der Waals surface area contributed by atoms with Gasteiger partial charge in [0, 0.05) is 58.8 Å². The van der Waals surface area contributed by atoms with E-state index in [1.807, 2.05) is 0 Å². The Bertz CT molecular complexity index is 1770. The summed E-state index contributed by atoms with van der Waals surface area (Å²) in [6, 6.07) is -4.56. The van der Waals surface area contributed by atoms with E-state index in [2.05, 4.69) is 54.8 Å². The topological polar surface area (TPSA) is 382 Å². The molecule has 0 aromatic carbocycles. The first-order valence-electron chi connectivity index (χ1n) is 27.8. The highest BCUT2D eigenvalue weighted by Gasteiger charge is 2.25. The Morgan fingerprint density at radius 1 is 0.405 bits per heavy atom. The Balaban J connectivity index is 3.99. The highest BCUT2D eigenvalue weighted by molar-refractivity contribution is 7.78. The van der Waals surface area contributed by atoms with Crippen molar-refractivity contribution in [2.75, 3.05) is 79.5 Å². The van der Waals surface area contributed by atoms with E-state index in [-0.39, 0.29) is 122 Å². The number of thiol groups is 1. The number of nitrogens with one attached hydrogen (secondary N) is 8. The molecule has 7 amide bonds. The molecule has 0 aromatic heterocycles. The zero-order chi connectivity index (χ0) is 58.7. The minimum atomic E-state index is -1.48. The van der Waals surface area contributed by atoms with E-state index >= 15 is 0 Å². The summed E-state index contributed by atoms with van der Waals surface area (Å²) in [5, 5.41) is 46.0. The van der Waals surface area contributed by atoms with Crippen LogP contribution in [0.3, 0.4) is 0 Å². The molecule has 0 heterocycles. The fourth-order valence-electron chi connectivity index (χ4n) is 7.65. The third kappa shape index (κ3) is 45.0. The van der Waals surface area contributed by atoms with Crippen molar-refractivity contribution in [1.29, 1.82) is 0 Å². The van der Waals surface area contributed by atoms with Gasteiger partial charge in [0.15, 0.2) is 0 Å². The van der Waals surface area contributed by atoms with Gasteiger partial charge in [0.2, 0.25) is 41.4 Å². The lowest BCUT2D eigenvalue weighted by Gasteiger charge is -2.17. The molecule has 0 saturated carbocycles. The molecule has 0 aliphatic heterocycles. The van der Waals surface area contributed by atoms with Crippen LogP contribution in [-0.2, 0) is 71.7 Å². The second-order valence-corrected chi connectivity index (χ2v) is 19.1. The van der Waals surface area contributed by atoms with Crippen LogP contribution in [0.1, 0.15) is 161 Å². The fraction of sp³-hybridized carbons (Fsp3) is 0.788. The Morgan fingerprint density at radius 3 is 1.23 bits per heavy atom. The number of unbranched alkanes of at least 4 members (excludes halogenated alkanes) is 15. The summed E-state index contributed by atoms with van der Waals surface area (Å²) in [5.41, 5.74) is 0. The van der Waals surface area contributed by atoms with Gasteiger partial charge in [-0.15, -0.1) is 0 Å². The molecule has 0 spiro atoms. The lowest BCUT2D eigenvalue weighted by Crippen LogP contribution is -2.45. The van der Waals surface area contributed by atoms with E-state index in [0.29, 0.717) is 32.1 Å². The largest absolute Gasteiger partial charge is 0.480 e. The normalized spacial score (nSPS) is 12.5. The van der Waals surface area contributed by atoms with Crippen molar-refractivity contribution in [3.05, 3.63) is 0 Å². The van der Waals surface area contributed by atoms with Gasteiger partial charge in [-0.3, -0.25) is 38.3 Å². The van der Waals surface area contributed by atoms with Crippen LogP contribution >= 0.6 is 12.8 Å². The van der Waals surface area contributed by atoms with E-state index < -0.39 is 78.7 Å². The molecule has 0 saturated heterocycles. The molecule has 4 atom stereocenters. The maximum Gasteiger partial charge on any atom is 0.326 e. The fourth-order valence-corrected chi connectivity index (χ4v) is 7.90. The molecule has 0 rings (SSSR count). The van der Waals surface area contributed by atoms with Crippen LogP contribution in [0.15, 0.2) is 0 Å². The minimum Gasteiger partial charge on any atom is -0.480 e. The van der Waals surface area contributed by atoms with Gasteiger partial charge in [-0.05, 0) is 51.4 Å². The van der Waals surface area contributed by atoms with Gasteiger partial charge < -0.3 is 76.3 Å². The molecule has 26 nitrogen and oxygen atoms in total. The number of amides is 7. The van der Waals surface area contributed by atoms with Crippen molar-refractivity contribution in [3.8, 4) is 0 Å². The second-order valence-electron chi connectivity index (χ2n) is 18.8. The summed E-state index contributed by atoms with van der Waals surface area (Å²) >= 11 is 3.93. The quantitative estimate of drug-likeness (QED) is 0.0234. The first-order valence-corrected chi connectivity index (χ1v) is 28.2. The van der Waals surface area contributed by atoms with E-state index in [4.69, 9.17) is 18.9 Å². The van der Waals surface area contributed by atoms with E-state index in [0.717, 1.165) is 38.4 Å². The Hall–Kier alpha value is -5.48. The lowest BCUT2D eigenvalue weighted by atomic mass is 10.0. The maximum absolute atomic E-state index is 12.5. The highest BCUT2D eigenvalue weighted by Crippen LogP contribution is 2.14. The van der Waals surface area contributed by atoms with Crippen molar-refractivity contribution < 1.29 is 87.0 Å². The molecule has 3 unspecified atom stereocenters. The minimum absolute atomic E-state index is 0.0403. The molecule has 0 bridgehead atoms. The number of ether oxygens (including phenoxy) is 4. The van der Waals surface area contributed by atoms with Gasteiger partial charge >= 0.3 is 17.9 Å². The summed E-state index contributed by atoms with van der Waals surface area (Å²) in [5.74, 6) is -7.42. The molecular weight excluding hydrogens is 1060 g/mol. The molecule has 11 N–H and O–H groups in total. The number of likely N-dealkylation sites (N-methyl/N-ethyl adjacent to an activating group) is 1. The van der Waals surface area contributed by atoms with Crippen LogP contribution in [0.4, 0.5) is 0 Å². The maximum atomic E-state index is 12.5. The summed E-state index contributed by atoms with van der Waals surface area (Å²) in [7, 11) is 1.50. The molecule has 0 fully saturated rings. The SMILES string of the molecule is CNC(=O)C(CCCCNC(=O)CCC(NC(=O)CC[C@H](NC(=O)COCCOCCNC(=O)COCCOCCNC(=O)CCC(NC(=O)CCCCCCCCCCCCCCCCC=O)C(=O)O)C(=O)O)C(=O)O)NS. The number of hydrogen-bond acceptors (Lipinski definition) is 17. The summed E-state index contributed by atoms with van der Waals surface area (Å²) in [6.45, 7) is 0.307. The predicted octanol–water partition coefficient (Wildman–Crippen LogP) is 1.61. The number of carbonyl (C=O) groups is 11. The van der Waals surface area contributed by atoms with Gasteiger partial charge in [-0.1, -0.05) is 89.9 Å². The van der Waals surface area contributed by atoms with Crippen LogP contribution in [0.2, 0.25) is 0 Å².